The van der Waals surface area contributed by atoms with Gasteiger partial charge in [-0.25, -0.2) is 8.78 Å². The van der Waals surface area contributed by atoms with Crippen molar-refractivity contribution in [2.45, 2.75) is 57.9 Å². The molecule has 84 valence electrons. The second-order valence-corrected chi connectivity index (χ2v) is 4.68. The predicted molar refractivity (Wildman–Crippen MR) is 54.3 cm³/mol. The summed E-state index contributed by atoms with van der Waals surface area (Å²) < 4.78 is 26.3. The van der Waals surface area contributed by atoms with E-state index in [1.54, 1.807) is 0 Å². The summed E-state index contributed by atoms with van der Waals surface area (Å²) in [6, 6.07) is -0.0498. The van der Waals surface area contributed by atoms with Crippen LogP contribution in [0.4, 0.5) is 8.78 Å². The Morgan fingerprint density at radius 3 is 2.64 bits per heavy atom. The minimum absolute atomic E-state index is 0.00148. The molecule has 1 fully saturated rings. The van der Waals surface area contributed by atoms with Gasteiger partial charge in [-0.2, -0.15) is 0 Å². The van der Waals surface area contributed by atoms with Crippen molar-refractivity contribution in [1.29, 1.82) is 0 Å². The summed E-state index contributed by atoms with van der Waals surface area (Å²) in [5, 5.41) is 0. The van der Waals surface area contributed by atoms with E-state index < -0.39 is 5.92 Å². The van der Waals surface area contributed by atoms with E-state index in [1.165, 1.54) is 0 Å². The van der Waals surface area contributed by atoms with Crippen LogP contribution in [0.25, 0.3) is 0 Å². The van der Waals surface area contributed by atoms with E-state index in [0.717, 1.165) is 12.8 Å². The maximum absolute atomic E-state index is 13.1. The molecular weight excluding hydrogens is 184 g/mol. The fraction of sp³-hybridized carbons (Fsp3) is 1.00. The van der Waals surface area contributed by atoms with Gasteiger partial charge >= 0.3 is 0 Å². The van der Waals surface area contributed by atoms with Gasteiger partial charge in [-0.15, -0.1) is 0 Å². The molecule has 0 saturated heterocycles. The molecule has 0 aromatic rings. The Morgan fingerprint density at radius 1 is 1.50 bits per heavy atom. The van der Waals surface area contributed by atoms with Gasteiger partial charge in [0, 0.05) is 18.9 Å². The fourth-order valence-corrected chi connectivity index (χ4v) is 2.28. The van der Waals surface area contributed by atoms with Crippen LogP contribution in [0.15, 0.2) is 0 Å². The second-order valence-electron chi connectivity index (χ2n) is 4.68. The Labute approximate surface area is 85.1 Å². The van der Waals surface area contributed by atoms with Crippen LogP contribution in [0.5, 0.6) is 0 Å². The lowest BCUT2D eigenvalue weighted by atomic mass is 9.77. The Bertz CT molecular complexity index is 182. The van der Waals surface area contributed by atoms with Crippen molar-refractivity contribution in [2.24, 2.45) is 17.6 Å². The topological polar surface area (TPSA) is 26.0 Å². The highest BCUT2D eigenvalue weighted by Crippen LogP contribution is 2.39. The first kappa shape index (κ1) is 11.9. The van der Waals surface area contributed by atoms with Crippen LogP contribution in [0.2, 0.25) is 0 Å². The Kier molecular flexibility index (Phi) is 3.87. The molecule has 0 spiro atoms. The number of nitrogens with two attached hydrogens (primary N) is 1. The molecule has 0 bridgehead atoms. The van der Waals surface area contributed by atoms with Crippen molar-refractivity contribution in [3.05, 3.63) is 0 Å². The number of hydrogen-bond acceptors (Lipinski definition) is 1. The molecule has 3 atom stereocenters. The van der Waals surface area contributed by atoms with Crippen LogP contribution < -0.4 is 5.73 Å². The molecule has 1 saturated carbocycles. The molecule has 0 aromatic carbocycles. The summed E-state index contributed by atoms with van der Waals surface area (Å²) in [4.78, 5) is 0. The highest BCUT2D eigenvalue weighted by molar-refractivity contribution is 4.86. The largest absolute Gasteiger partial charge is 0.327 e. The average Bonchev–Trinajstić information content (AvgIpc) is 2.14. The molecule has 14 heavy (non-hydrogen) atoms. The standard InChI is InChI=1S/C11H21F2N/c1-3-8(2)10(14)9-5-4-6-11(12,13)7-9/h8-10H,3-7,14H2,1-2H3. The van der Waals surface area contributed by atoms with Gasteiger partial charge in [-0.05, 0) is 24.7 Å². The van der Waals surface area contributed by atoms with Crippen LogP contribution in [0, 0.1) is 11.8 Å². The molecule has 0 aliphatic heterocycles. The van der Waals surface area contributed by atoms with E-state index in [1.807, 2.05) is 0 Å². The van der Waals surface area contributed by atoms with Crippen LogP contribution >= 0.6 is 0 Å². The van der Waals surface area contributed by atoms with E-state index in [4.69, 9.17) is 5.73 Å². The van der Waals surface area contributed by atoms with Crippen molar-refractivity contribution in [3.8, 4) is 0 Å². The van der Waals surface area contributed by atoms with Crippen LogP contribution in [-0.4, -0.2) is 12.0 Å². The average molecular weight is 205 g/mol. The summed E-state index contributed by atoms with van der Waals surface area (Å²) in [5.41, 5.74) is 5.99. The van der Waals surface area contributed by atoms with Gasteiger partial charge in [0.2, 0.25) is 5.92 Å². The maximum Gasteiger partial charge on any atom is 0.248 e. The zero-order valence-corrected chi connectivity index (χ0v) is 9.10. The van der Waals surface area contributed by atoms with Crippen molar-refractivity contribution in [1.82, 2.24) is 0 Å². The molecule has 2 N–H and O–H groups in total. The highest BCUT2D eigenvalue weighted by Gasteiger charge is 2.39. The minimum Gasteiger partial charge on any atom is -0.327 e. The van der Waals surface area contributed by atoms with Gasteiger partial charge in [0.15, 0.2) is 0 Å². The summed E-state index contributed by atoms with van der Waals surface area (Å²) in [6.45, 7) is 4.11. The van der Waals surface area contributed by atoms with E-state index in [0.29, 0.717) is 12.3 Å². The van der Waals surface area contributed by atoms with Gasteiger partial charge < -0.3 is 5.73 Å². The van der Waals surface area contributed by atoms with E-state index in [2.05, 4.69) is 13.8 Å². The zero-order chi connectivity index (χ0) is 10.8. The third-order valence-electron chi connectivity index (χ3n) is 3.52. The molecule has 3 heteroatoms. The summed E-state index contributed by atoms with van der Waals surface area (Å²) in [7, 11) is 0. The number of alkyl halides is 2. The van der Waals surface area contributed by atoms with Crippen molar-refractivity contribution in [3.63, 3.8) is 0 Å². The zero-order valence-electron chi connectivity index (χ0n) is 9.10. The molecule has 0 heterocycles. The summed E-state index contributed by atoms with van der Waals surface area (Å²) in [5.74, 6) is -2.09. The second kappa shape index (κ2) is 4.56. The number of hydrogen-bond donors (Lipinski definition) is 1. The highest BCUT2D eigenvalue weighted by atomic mass is 19.3. The van der Waals surface area contributed by atoms with E-state index >= 15 is 0 Å². The Balaban J connectivity index is 2.51. The Hall–Kier alpha value is -0.180. The summed E-state index contributed by atoms with van der Waals surface area (Å²) in [6.07, 6.45) is 2.53. The molecular formula is C11H21F2N. The first-order valence-corrected chi connectivity index (χ1v) is 5.59. The minimum atomic E-state index is -2.46. The molecule has 1 nitrogen and oxygen atoms in total. The SMILES string of the molecule is CCC(C)C(N)C1CCCC(F)(F)C1. The van der Waals surface area contributed by atoms with Gasteiger partial charge in [-0.3, -0.25) is 0 Å². The lowest BCUT2D eigenvalue weighted by molar-refractivity contribution is -0.0587. The van der Waals surface area contributed by atoms with Crippen molar-refractivity contribution < 1.29 is 8.78 Å². The molecule has 1 aliphatic carbocycles. The summed E-state index contributed by atoms with van der Waals surface area (Å²) >= 11 is 0. The molecule has 3 unspecified atom stereocenters. The molecule has 0 aromatic heterocycles. The molecule has 1 aliphatic rings. The number of rotatable bonds is 3. The predicted octanol–water partition coefficient (Wildman–Crippen LogP) is 3.19. The Morgan fingerprint density at radius 2 is 2.14 bits per heavy atom. The van der Waals surface area contributed by atoms with Gasteiger partial charge in [-0.1, -0.05) is 20.3 Å². The third kappa shape index (κ3) is 2.91. The van der Waals surface area contributed by atoms with E-state index in [-0.39, 0.29) is 24.8 Å². The first-order chi connectivity index (χ1) is 6.46. The third-order valence-corrected chi connectivity index (χ3v) is 3.52. The van der Waals surface area contributed by atoms with Crippen molar-refractivity contribution in [2.75, 3.05) is 0 Å². The first-order valence-electron chi connectivity index (χ1n) is 5.59. The van der Waals surface area contributed by atoms with Crippen LogP contribution in [0.1, 0.15) is 46.0 Å². The maximum atomic E-state index is 13.1. The van der Waals surface area contributed by atoms with Crippen LogP contribution in [0.3, 0.4) is 0 Å². The van der Waals surface area contributed by atoms with E-state index in [9.17, 15) is 8.78 Å². The fourth-order valence-electron chi connectivity index (χ4n) is 2.28. The van der Waals surface area contributed by atoms with Gasteiger partial charge in [0.05, 0.1) is 0 Å². The lowest BCUT2D eigenvalue weighted by Gasteiger charge is -2.35. The van der Waals surface area contributed by atoms with Gasteiger partial charge in [0.1, 0.15) is 0 Å². The van der Waals surface area contributed by atoms with Gasteiger partial charge in [0.25, 0.3) is 0 Å². The monoisotopic (exact) mass is 205 g/mol. The molecule has 0 amide bonds. The quantitative estimate of drug-likeness (QED) is 0.752. The normalized spacial score (nSPS) is 31.1. The lowest BCUT2D eigenvalue weighted by Crippen LogP contribution is -2.41. The van der Waals surface area contributed by atoms with Crippen molar-refractivity contribution >= 4 is 0 Å². The smallest absolute Gasteiger partial charge is 0.248 e. The van der Waals surface area contributed by atoms with Crippen LogP contribution in [-0.2, 0) is 0 Å². The molecule has 0 radical (unpaired) electrons. The number of halogens is 2. The molecule has 1 rings (SSSR count).